The van der Waals surface area contributed by atoms with E-state index in [9.17, 15) is 9.18 Å². The van der Waals surface area contributed by atoms with Crippen molar-refractivity contribution in [3.63, 3.8) is 0 Å². The van der Waals surface area contributed by atoms with Gasteiger partial charge in [-0.25, -0.2) is 9.07 Å². The summed E-state index contributed by atoms with van der Waals surface area (Å²) >= 11 is 0. The van der Waals surface area contributed by atoms with Crippen molar-refractivity contribution in [1.82, 2.24) is 15.1 Å². The Morgan fingerprint density at radius 1 is 1.30 bits per heavy atom. The zero-order valence-corrected chi connectivity index (χ0v) is 16.4. The number of nitrogens with one attached hydrogen (secondary N) is 1. The topological polar surface area (TPSA) is 72.9 Å². The zero-order valence-electron chi connectivity index (χ0n) is 15.6. The van der Waals surface area contributed by atoms with Crippen molar-refractivity contribution in [2.45, 2.75) is 45.2 Å². The minimum absolute atomic E-state index is 0. The van der Waals surface area contributed by atoms with Gasteiger partial charge in [0.25, 0.3) is 0 Å². The van der Waals surface area contributed by atoms with Crippen LogP contribution in [0.4, 0.5) is 4.39 Å². The summed E-state index contributed by atoms with van der Waals surface area (Å²) in [6, 6.07) is 6.05. The molecule has 5 unspecified atom stereocenters. The van der Waals surface area contributed by atoms with Crippen molar-refractivity contribution in [1.29, 1.82) is 0 Å². The van der Waals surface area contributed by atoms with Crippen molar-refractivity contribution >= 4 is 18.3 Å². The summed E-state index contributed by atoms with van der Waals surface area (Å²) in [6.07, 6.45) is 5.14. The predicted molar refractivity (Wildman–Crippen MR) is 104 cm³/mol. The van der Waals surface area contributed by atoms with Crippen LogP contribution in [0.5, 0.6) is 0 Å². The Morgan fingerprint density at radius 2 is 1.96 bits per heavy atom. The summed E-state index contributed by atoms with van der Waals surface area (Å²) in [6.45, 7) is 3.92. The van der Waals surface area contributed by atoms with Gasteiger partial charge in [-0.05, 0) is 69.2 Å². The van der Waals surface area contributed by atoms with Crippen LogP contribution in [0.15, 0.2) is 30.5 Å². The number of aromatic nitrogens is 2. The Labute approximate surface area is 164 Å². The molecule has 5 atom stereocenters. The minimum atomic E-state index is -0.276. The van der Waals surface area contributed by atoms with E-state index in [2.05, 4.69) is 10.4 Å². The van der Waals surface area contributed by atoms with Gasteiger partial charge >= 0.3 is 0 Å². The number of hydrogen-bond donors (Lipinski definition) is 2. The SMILES string of the molecule is Cc1c(C(C)NC(=O)C2C3CCC(C3)C2N)cnn1-c1ccc(F)cc1.Cl. The molecular formula is C20H26ClFN4O. The molecule has 7 heteroatoms. The first-order chi connectivity index (χ1) is 12.5. The molecule has 146 valence electrons. The number of carbonyl (C=O) groups is 1. The predicted octanol–water partition coefficient (Wildman–Crippen LogP) is 3.29. The van der Waals surface area contributed by atoms with Crippen molar-refractivity contribution in [2.24, 2.45) is 23.5 Å². The molecule has 27 heavy (non-hydrogen) atoms. The third-order valence-corrected chi connectivity index (χ3v) is 6.23. The Morgan fingerprint density at radius 3 is 2.59 bits per heavy atom. The minimum Gasteiger partial charge on any atom is -0.349 e. The van der Waals surface area contributed by atoms with Crippen LogP contribution in [0.3, 0.4) is 0 Å². The molecule has 5 nitrogen and oxygen atoms in total. The second-order valence-electron chi connectivity index (χ2n) is 7.74. The molecule has 2 fully saturated rings. The van der Waals surface area contributed by atoms with E-state index in [1.54, 1.807) is 23.0 Å². The highest BCUT2D eigenvalue weighted by Crippen LogP contribution is 2.47. The first-order valence-corrected chi connectivity index (χ1v) is 9.32. The second-order valence-corrected chi connectivity index (χ2v) is 7.74. The van der Waals surface area contributed by atoms with E-state index >= 15 is 0 Å². The van der Waals surface area contributed by atoms with Gasteiger partial charge in [0.05, 0.1) is 23.8 Å². The lowest BCUT2D eigenvalue weighted by Crippen LogP contribution is -2.45. The quantitative estimate of drug-likeness (QED) is 0.838. The van der Waals surface area contributed by atoms with E-state index < -0.39 is 0 Å². The fourth-order valence-corrected chi connectivity index (χ4v) is 4.80. The van der Waals surface area contributed by atoms with Crippen LogP contribution >= 0.6 is 12.4 Å². The molecule has 1 heterocycles. The lowest BCUT2D eigenvalue weighted by atomic mass is 9.84. The Balaban J connectivity index is 0.00000210. The van der Waals surface area contributed by atoms with Crippen LogP contribution in [-0.2, 0) is 4.79 Å². The molecule has 0 aliphatic heterocycles. The molecule has 0 spiro atoms. The van der Waals surface area contributed by atoms with Gasteiger partial charge in [0.2, 0.25) is 5.91 Å². The number of fused-ring (bicyclic) bond motifs is 2. The highest BCUT2D eigenvalue weighted by atomic mass is 35.5. The van der Waals surface area contributed by atoms with Gasteiger partial charge in [0.1, 0.15) is 5.82 Å². The van der Waals surface area contributed by atoms with Crippen LogP contribution in [0, 0.1) is 30.5 Å². The number of amides is 1. The second kappa shape index (κ2) is 7.60. The van der Waals surface area contributed by atoms with Crippen molar-refractivity contribution in [3.05, 3.63) is 47.5 Å². The molecule has 4 rings (SSSR count). The first-order valence-electron chi connectivity index (χ1n) is 9.32. The maximum Gasteiger partial charge on any atom is 0.225 e. The van der Waals surface area contributed by atoms with Gasteiger partial charge in [-0.15, -0.1) is 12.4 Å². The molecular weight excluding hydrogens is 367 g/mol. The van der Waals surface area contributed by atoms with Crippen LogP contribution in [-0.4, -0.2) is 21.7 Å². The number of halogens is 2. The van der Waals surface area contributed by atoms with Gasteiger partial charge in [0.15, 0.2) is 0 Å². The molecule has 3 N–H and O–H groups in total. The Bertz CT molecular complexity index is 820. The van der Waals surface area contributed by atoms with Crippen molar-refractivity contribution in [3.8, 4) is 5.69 Å². The Hall–Kier alpha value is -1.92. The monoisotopic (exact) mass is 392 g/mol. The molecule has 1 aromatic heterocycles. The van der Waals surface area contributed by atoms with Gasteiger partial charge in [-0.3, -0.25) is 4.79 Å². The number of nitrogens with two attached hydrogens (primary N) is 1. The van der Waals surface area contributed by atoms with Crippen molar-refractivity contribution in [2.75, 3.05) is 0 Å². The summed E-state index contributed by atoms with van der Waals surface area (Å²) in [4.78, 5) is 12.8. The fourth-order valence-electron chi connectivity index (χ4n) is 4.80. The summed E-state index contributed by atoms with van der Waals surface area (Å²) in [5.74, 6) is 0.663. The molecule has 0 radical (unpaired) electrons. The smallest absolute Gasteiger partial charge is 0.225 e. The average molecular weight is 393 g/mol. The molecule has 2 aromatic rings. The summed E-state index contributed by atoms with van der Waals surface area (Å²) in [7, 11) is 0. The van der Waals surface area contributed by atoms with Crippen molar-refractivity contribution < 1.29 is 9.18 Å². The Kier molecular flexibility index (Phi) is 5.58. The lowest BCUT2D eigenvalue weighted by Gasteiger charge is -2.28. The van der Waals surface area contributed by atoms with Crippen LogP contribution in [0.2, 0.25) is 0 Å². The van der Waals surface area contributed by atoms with E-state index in [4.69, 9.17) is 5.73 Å². The number of rotatable bonds is 4. The van der Waals surface area contributed by atoms with Gasteiger partial charge < -0.3 is 11.1 Å². The number of hydrogen-bond acceptors (Lipinski definition) is 3. The van der Waals surface area contributed by atoms with E-state index in [1.807, 2.05) is 13.8 Å². The largest absolute Gasteiger partial charge is 0.349 e. The highest BCUT2D eigenvalue weighted by molar-refractivity contribution is 5.85. The fraction of sp³-hybridized carbons (Fsp3) is 0.500. The highest BCUT2D eigenvalue weighted by Gasteiger charge is 2.49. The van der Waals surface area contributed by atoms with E-state index in [1.165, 1.54) is 12.1 Å². The first kappa shape index (κ1) is 19.8. The number of carbonyl (C=O) groups excluding carboxylic acids is 1. The van der Waals surface area contributed by atoms with Crippen LogP contribution in [0.1, 0.15) is 43.5 Å². The van der Waals surface area contributed by atoms with Gasteiger partial charge in [-0.1, -0.05) is 0 Å². The third kappa shape index (κ3) is 3.48. The van der Waals surface area contributed by atoms with E-state index in [-0.39, 0.29) is 42.1 Å². The van der Waals surface area contributed by atoms with Gasteiger partial charge in [0, 0.05) is 17.3 Å². The molecule has 2 saturated carbocycles. The number of nitrogens with zero attached hydrogens (tertiary/aromatic N) is 2. The van der Waals surface area contributed by atoms with E-state index in [0.717, 1.165) is 36.2 Å². The van der Waals surface area contributed by atoms with Gasteiger partial charge in [-0.2, -0.15) is 5.10 Å². The summed E-state index contributed by atoms with van der Waals surface area (Å²) in [5.41, 5.74) is 8.98. The maximum absolute atomic E-state index is 13.1. The molecule has 1 aromatic carbocycles. The molecule has 2 aliphatic rings. The molecule has 2 bridgehead atoms. The van der Waals surface area contributed by atoms with Crippen LogP contribution in [0.25, 0.3) is 5.69 Å². The zero-order chi connectivity index (χ0) is 18.4. The van der Waals surface area contributed by atoms with E-state index in [0.29, 0.717) is 11.8 Å². The summed E-state index contributed by atoms with van der Waals surface area (Å²) in [5, 5.41) is 7.55. The normalized spacial score (nSPS) is 27.3. The lowest BCUT2D eigenvalue weighted by molar-refractivity contribution is -0.127. The number of benzene rings is 1. The average Bonchev–Trinajstić information content (AvgIpc) is 3.30. The molecule has 1 amide bonds. The molecule has 2 aliphatic carbocycles. The maximum atomic E-state index is 13.1. The van der Waals surface area contributed by atoms with Crippen LogP contribution < -0.4 is 11.1 Å². The summed E-state index contributed by atoms with van der Waals surface area (Å²) < 4.78 is 14.9. The standard InChI is InChI=1S/C20H25FN4O.ClH/c1-11(24-20(26)18-13-3-4-14(9-13)19(18)22)17-10-23-25(12(17)2)16-7-5-15(21)6-8-16;/h5-8,10-11,13-14,18-19H,3-4,9,22H2,1-2H3,(H,24,26);1H. The third-order valence-electron chi connectivity index (χ3n) is 6.23. The molecule has 0 saturated heterocycles.